The van der Waals surface area contributed by atoms with E-state index in [-0.39, 0.29) is 0 Å². The minimum atomic E-state index is 0.761. The Labute approximate surface area is 119 Å². The predicted molar refractivity (Wildman–Crippen MR) is 78.9 cm³/mol. The Hall–Kier alpha value is -1.07. The van der Waals surface area contributed by atoms with Crippen LogP contribution in [0, 0.1) is 20.8 Å². The van der Waals surface area contributed by atoms with Crippen molar-refractivity contribution in [3.63, 3.8) is 0 Å². The van der Waals surface area contributed by atoms with E-state index in [9.17, 15) is 0 Å². The molecule has 5 heteroatoms. The maximum absolute atomic E-state index is 5.86. The first-order valence-corrected chi connectivity index (χ1v) is 7.12. The molecule has 1 aromatic carbocycles. The molecule has 3 nitrogen and oxygen atoms in total. The summed E-state index contributed by atoms with van der Waals surface area (Å²) in [6, 6.07) is 5.93. The minimum absolute atomic E-state index is 0.761. The van der Waals surface area contributed by atoms with Crippen LogP contribution in [-0.4, -0.2) is 9.97 Å². The van der Waals surface area contributed by atoms with Crippen molar-refractivity contribution in [3.05, 3.63) is 39.6 Å². The zero-order valence-electron chi connectivity index (χ0n) is 10.5. The number of hydrogen-bond acceptors (Lipinski definition) is 4. The standard InChI is InChI=1S/C13H14BrN3S/c1-7-4-12(10(14)6-11(7)15)18-13-16-8(2)5-9(3)17-13/h4-6H,15H2,1-3H3. The second kappa shape index (κ2) is 5.28. The lowest BCUT2D eigenvalue weighted by Crippen LogP contribution is -1.94. The quantitative estimate of drug-likeness (QED) is 0.672. The molecule has 94 valence electrons. The molecule has 2 aromatic rings. The highest BCUT2D eigenvalue weighted by atomic mass is 79.9. The Morgan fingerprint density at radius 1 is 1.06 bits per heavy atom. The molecule has 2 N–H and O–H groups in total. The molecule has 0 fully saturated rings. The Morgan fingerprint density at radius 2 is 1.67 bits per heavy atom. The molecule has 0 bridgehead atoms. The Bertz CT molecular complexity index is 579. The van der Waals surface area contributed by atoms with Gasteiger partial charge in [-0.3, -0.25) is 0 Å². The Balaban J connectivity index is 2.36. The fraction of sp³-hybridized carbons (Fsp3) is 0.231. The lowest BCUT2D eigenvalue weighted by molar-refractivity contribution is 0.902. The van der Waals surface area contributed by atoms with Gasteiger partial charge >= 0.3 is 0 Å². The van der Waals surface area contributed by atoms with Gasteiger partial charge in [-0.1, -0.05) is 0 Å². The van der Waals surface area contributed by atoms with Gasteiger partial charge in [0.1, 0.15) is 0 Å². The molecular formula is C13H14BrN3S. The highest BCUT2D eigenvalue weighted by molar-refractivity contribution is 9.10. The van der Waals surface area contributed by atoms with Gasteiger partial charge in [-0.2, -0.15) is 0 Å². The van der Waals surface area contributed by atoms with Gasteiger partial charge in [-0.25, -0.2) is 9.97 Å². The summed E-state index contributed by atoms with van der Waals surface area (Å²) in [5.41, 5.74) is 9.67. The highest BCUT2D eigenvalue weighted by Crippen LogP contribution is 2.34. The van der Waals surface area contributed by atoms with Gasteiger partial charge in [0.2, 0.25) is 0 Å². The molecule has 0 atom stereocenters. The maximum atomic E-state index is 5.86. The molecule has 18 heavy (non-hydrogen) atoms. The van der Waals surface area contributed by atoms with Gasteiger partial charge in [0.15, 0.2) is 5.16 Å². The van der Waals surface area contributed by atoms with E-state index in [0.717, 1.165) is 37.2 Å². The molecule has 0 unspecified atom stereocenters. The number of benzene rings is 1. The fourth-order valence-corrected chi connectivity index (χ4v) is 3.16. The first kappa shape index (κ1) is 13.4. The summed E-state index contributed by atoms with van der Waals surface area (Å²) < 4.78 is 0.971. The number of nitrogens with two attached hydrogens (primary N) is 1. The summed E-state index contributed by atoms with van der Waals surface area (Å²) in [6.07, 6.45) is 0. The summed E-state index contributed by atoms with van der Waals surface area (Å²) in [5, 5.41) is 0.761. The van der Waals surface area contributed by atoms with Gasteiger partial charge in [-0.15, -0.1) is 0 Å². The van der Waals surface area contributed by atoms with Gasteiger partial charge in [0.05, 0.1) is 0 Å². The van der Waals surface area contributed by atoms with Crippen molar-refractivity contribution in [1.82, 2.24) is 9.97 Å². The second-order valence-electron chi connectivity index (χ2n) is 4.17. The number of aryl methyl sites for hydroxylation is 3. The third-order valence-electron chi connectivity index (χ3n) is 2.48. The largest absolute Gasteiger partial charge is 0.398 e. The van der Waals surface area contributed by atoms with E-state index in [4.69, 9.17) is 5.73 Å². The van der Waals surface area contributed by atoms with Crippen LogP contribution >= 0.6 is 27.7 Å². The van der Waals surface area contributed by atoms with Crippen molar-refractivity contribution < 1.29 is 0 Å². The molecule has 1 aromatic heterocycles. The van der Waals surface area contributed by atoms with Crippen LogP contribution in [-0.2, 0) is 0 Å². The lowest BCUT2D eigenvalue weighted by Gasteiger charge is -2.08. The van der Waals surface area contributed by atoms with Crippen LogP contribution in [0.15, 0.2) is 32.7 Å². The van der Waals surface area contributed by atoms with Crippen LogP contribution in [0.5, 0.6) is 0 Å². The van der Waals surface area contributed by atoms with Gasteiger partial charge in [-0.05, 0) is 72.2 Å². The first-order valence-electron chi connectivity index (χ1n) is 5.51. The van der Waals surface area contributed by atoms with E-state index >= 15 is 0 Å². The fourth-order valence-electron chi connectivity index (χ4n) is 1.59. The van der Waals surface area contributed by atoms with E-state index < -0.39 is 0 Å². The zero-order valence-corrected chi connectivity index (χ0v) is 12.9. The summed E-state index contributed by atoms with van der Waals surface area (Å²) in [5.74, 6) is 0. The number of aromatic nitrogens is 2. The van der Waals surface area contributed by atoms with Crippen LogP contribution < -0.4 is 5.73 Å². The van der Waals surface area contributed by atoms with Gasteiger partial charge in [0.25, 0.3) is 0 Å². The van der Waals surface area contributed by atoms with E-state index in [2.05, 4.69) is 25.9 Å². The van der Waals surface area contributed by atoms with Crippen molar-refractivity contribution in [3.8, 4) is 0 Å². The van der Waals surface area contributed by atoms with Gasteiger partial charge < -0.3 is 5.73 Å². The lowest BCUT2D eigenvalue weighted by atomic mass is 10.2. The molecule has 0 aliphatic rings. The van der Waals surface area contributed by atoms with Gasteiger partial charge in [0, 0.05) is 26.4 Å². The molecule has 0 saturated heterocycles. The molecule has 0 aliphatic carbocycles. The summed E-state index contributed by atoms with van der Waals surface area (Å²) >= 11 is 5.06. The predicted octanol–water partition coefficient (Wildman–Crippen LogP) is 3.90. The van der Waals surface area contributed by atoms with Crippen molar-refractivity contribution in [2.75, 3.05) is 5.73 Å². The molecule has 0 aliphatic heterocycles. The number of anilines is 1. The Kier molecular flexibility index (Phi) is 3.92. The third-order valence-corrected chi connectivity index (χ3v) is 4.32. The molecule has 0 radical (unpaired) electrons. The van der Waals surface area contributed by atoms with Crippen molar-refractivity contribution >= 4 is 33.4 Å². The van der Waals surface area contributed by atoms with E-state index in [1.54, 1.807) is 11.8 Å². The molecule has 1 heterocycles. The SMILES string of the molecule is Cc1cc(C)nc(Sc2cc(C)c(N)cc2Br)n1. The topological polar surface area (TPSA) is 51.8 Å². The summed E-state index contributed by atoms with van der Waals surface area (Å²) in [6.45, 7) is 5.94. The minimum Gasteiger partial charge on any atom is -0.398 e. The number of hydrogen-bond donors (Lipinski definition) is 1. The monoisotopic (exact) mass is 323 g/mol. The summed E-state index contributed by atoms with van der Waals surface area (Å²) in [4.78, 5) is 9.92. The number of halogens is 1. The van der Waals surface area contributed by atoms with Crippen LogP contribution in [0.4, 0.5) is 5.69 Å². The average molecular weight is 324 g/mol. The van der Waals surface area contributed by atoms with Crippen LogP contribution in [0.25, 0.3) is 0 Å². The van der Waals surface area contributed by atoms with Crippen LogP contribution in [0.2, 0.25) is 0 Å². The average Bonchev–Trinajstić information content (AvgIpc) is 2.24. The molecule has 2 rings (SSSR count). The highest BCUT2D eigenvalue weighted by Gasteiger charge is 2.08. The van der Waals surface area contributed by atoms with Crippen molar-refractivity contribution in [1.29, 1.82) is 0 Å². The first-order chi connectivity index (χ1) is 8.45. The molecular weight excluding hydrogens is 310 g/mol. The number of nitrogens with zero attached hydrogens (tertiary/aromatic N) is 2. The summed E-state index contributed by atoms with van der Waals surface area (Å²) in [7, 11) is 0. The van der Waals surface area contributed by atoms with E-state index in [1.165, 1.54) is 0 Å². The molecule has 0 saturated carbocycles. The molecule has 0 spiro atoms. The van der Waals surface area contributed by atoms with Crippen LogP contribution in [0.3, 0.4) is 0 Å². The normalized spacial score (nSPS) is 10.7. The smallest absolute Gasteiger partial charge is 0.192 e. The maximum Gasteiger partial charge on any atom is 0.192 e. The van der Waals surface area contributed by atoms with Crippen molar-refractivity contribution in [2.24, 2.45) is 0 Å². The Morgan fingerprint density at radius 3 is 2.28 bits per heavy atom. The van der Waals surface area contributed by atoms with Crippen LogP contribution in [0.1, 0.15) is 17.0 Å². The van der Waals surface area contributed by atoms with Crippen molar-refractivity contribution in [2.45, 2.75) is 30.8 Å². The number of rotatable bonds is 2. The third kappa shape index (κ3) is 3.03. The second-order valence-corrected chi connectivity index (χ2v) is 6.04. The zero-order chi connectivity index (χ0) is 13.3. The van der Waals surface area contributed by atoms with E-state index in [0.29, 0.717) is 0 Å². The molecule has 0 amide bonds. The number of nitrogen functional groups attached to an aromatic ring is 1. The van der Waals surface area contributed by atoms with E-state index in [1.807, 2.05) is 39.0 Å².